The van der Waals surface area contributed by atoms with Gasteiger partial charge in [-0.25, -0.2) is 0 Å². The molecular weight excluding hydrogens is 297 g/mol. The molecule has 22 heavy (non-hydrogen) atoms. The van der Waals surface area contributed by atoms with E-state index in [0.717, 1.165) is 11.8 Å². The first-order valence-electron chi connectivity index (χ1n) is 6.46. The highest BCUT2D eigenvalue weighted by Gasteiger charge is 2.30. The number of halogens is 3. The smallest absolute Gasteiger partial charge is 0.489 e. The van der Waals surface area contributed by atoms with Crippen LogP contribution in [0.15, 0.2) is 48.5 Å². The van der Waals surface area contributed by atoms with Crippen molar-refractivity contribution in [2.45, 2.75) is 19.4 Å². The van der Waals surface area contributed by atoms with Crippen molar-refractivity contribution < 1.29 is 27.4 Å². The highest BCUT2D eigenvalue weighted by molar-refractivity contribution is 5.55. The van der Waals surface area contributed by atoms with Crippen LogP contribution in [0.25, 0.3) is 0 Å². The summed E-state index contributed by atoms with van der Waals surface area (Å²) in [4.78, 5) is 10.4. The Bertz CT molecular complexity index is 604. The van der Waals surface area contributed by atoms with Crippen LogP contribution in [0.3, 0.4) is 0 Å². The fraction of sp³-hybridized carbons (Fsp3) is 0.188. The molecule has 0 saturated carbocycles. The van der Waals surface area contributed by atoms with Gasteiger partial charge in [0.1, 0.15) is 24.4 Å². The minimum atomic E-state index is -4.69. The van der Waals surface area contributed by atoms with Crippen molar-refractivity contribution in [3.05, 3.63) is 59.7 Å². The number of ether oxygens (including phenoxy) is 2. The van der Waals surface area contributed by atoms with Gasteiger partial charge in [-0.15, -0.1) is 13.2 Å². The van der Waals surface area contributed by atoms with Gasteiger partial charge >= 0.3 is 6.36 Å². The quantitative estimate of drug-likeness (QED) is 0.759. The third-order valence-electron chi connectivity index (χ3n) is 2.80. The van der Waals surface area contributed by atoms with Crippen LogP contribution >= 0.6 is 0 Å². The van der Waals surface area contributed by atoms with Crippen molar-refractivity contribution in [2.75, 3.05) is 0 Å². The van der Waals surface area contributed by atoms with E-state index in [9.17, 15) is 18.0 Å². The Morgan fingerprint density at radius 2 is 1.41 bits per heavy atom. The molecule has 2 aromatic rings. The summed E-state index contributed by atoms with van der Waals surface area (Å²) in [5.74, 6) is 0.347. The number of hydrogen-bond donors (Lipinski definition) is 0. The van der Waals surface area contributed by atoms with Crippen LogP contribution in [0.1, 0.15) is 11.1 Å². The summed E-state index contributed by atoms with van der Waals surface area (Å²) in [6.07, 6.45) is -3.53. The number of alkyl halides is 3. The highest BCUT2D eigenvalue weighted by Crippen LogP contribution is 2.23. The Morgan fingerprint density at radius 1 is 0.864 bits per heavy atom. The maximum Gasteiger partial charge on any atom is 0.573 e. The number of hydrogen-bond acceptors (Lipinski definition) is 3. The van der Waals surface area contributed by atoms with Crippen molar-refractivity contribution in [3.8, 4) is 11.5 Å². The molecule has 0 fully saturated rings. The molecule has 0 spiro atoms. The number of carbonyl (C=O) groups is 1. The summed E-state index contributed by atoms with van der Waals surface area (Å²) in [5, 5.41) is 0. The maximum absolute atomic E-state index is 12.0. The lowest BCUT2D eigenvalue weighted by atomic mass is 10.2. The summed E-state index contributed by atoms with van der Waals surface area (Å²) in [6.45, 7) is 0.222. The Hall–Kier alpha value is -2.50. The summed E-state index contributed by atoms with van der Waals surface area (Å²) < 4.78 is 45.4. The first kappa shape index (κ1) is 15.9. The maximum atomic E-state index is 12.0. The van der Waals surface area contributed by atoms with E-state index in [-0.39, 0.29) is 12.4 Å². The lowest BCUT2D eigenvalue weighted by molar-refractivity contribution is -0.274. The zero-order valence-corrected chi connectivity index (χ0v) is 11.5. The van der Waals surface area contributed by atoms with Gasteiger partial charge in [0.15, 0.2) is 0 Å². The van der Waals surface area contributed by atoms with Crippen molar-refractivity contribution in [1.29, 1.82) is 0 Å². The van der Waals surface area contributed by atoms with Crippen LogP contribution in [-0.2, 0) is 17.8 Å². The van der Waals surface area contributed by atoms with Crippen LogP contribution in [0.5, 0.6) is 11.5 Å². The van der Waals surface area contributed by atoms with Crippen LogP contribution in [0.4, 0.5) is 13.2 Å². The van der Waals surface area contributed by atoms with E-state index in [1.54, 1.807) is 24.3 Å². The zero-order chi connectivity index (χ0) is 16.0. The predicted molar refractivity (Wildman–Crippen MR) is 73.7 cm³/mol. The molecule has 0 aliphatic rings. The minimum Gasteiger partial charge on any atom is -0.489 e. The van der Waals surface area contributed by atoms with Crippen molar-refractivity contribution in [1.82, 2.24) is 0 Å². The largest absolute Gasteiger partial charge is 0.573 e. The van der Waals surface area contributed by atoms with Gasteiger partial charge in [0, 0.05) is 6.42 Å². The molecule has 2 rings (SSSR count). The molecule has 0 bridgehead atoms. The van der Waals surface area contributed by atoms with Gasteiger partial charge in [0.25, 0.3) is 0 Å². The SMILES string of the molecule is O=CCc1ccc(OCc2ccc(OC(F)(F)F)cc2)cc1. The second kappa shape index (κ2) is 6.98. The zero-order valence-electron chi connectivity index (χ0n) is 11.5. The van der Waals surface area contributed by atoms with Gasteiger partial charge in [-0.05, 0) is 35.4 Å². The Labute approximate surface area is 125 Å². The molecule has 0 unspecified atom stereocenters. The lowest BCUT2D eigenvalue weighted by Crippen LogP contribution is -2.17. The van der Waals surface area contributed by atoms with Crippen LogP contribution in [0, 0.1) is 0 Å². The number of rotatable bonds is 6. The summed E-state index contributed by atoms with van der Waals surface area (Å²) in [6, 6.07) is 12.5. The molecule has 0 aliphatic carbocycles. The molecular formula is C16H13F3O3. The van der Waals surface area contributed by atoms with E-state index in [1.165, 1.54) is 24.3 Å². The van der Waals surface area contributed by atoms with E-state index in [4.69, 9.17) is 4.74 Å². The second-order valence-electron chi connectivity index (χ2n) is 4.50. The molecule has 2 aromatic carbocycles. The minimum absolute atomic E-state index is 0.222. The fourth-order valence-electron chi connectivity index (χ4n) is 1.77. The molecule has 0 heterocycles. The summed E-state index contributed by atoms with van der Waals surface area (Å²) in [7, 11) is 0. The van der Waals surface area contributed by atoms with Crippen LogP contribution in [-0.4, -0.2) is 12.6 Å². The fourth-order valence-corrected chi connectivity index (χ4v) is 1.77. The number of carbonyl (C=O) groups excluding carboxylic acids is 1. The van der Waals surface area contributed by atoms with Gasteiger partial charge in [-0.1, -0.05) is 24.3 Å². The molecule has 116 valence electrons. The van der Waals surface area contributed by atoms with E-state index in [0.29, 0.717) is 17.7 Å². The average molecular weight is 310 g/mol. The van der Waals surface area contributed by atoms with E-state index < -0.39 is 6.36 Å². The molecule has 0 saturated heterocycles. The number of benzene rings is 2. The first-order valence-corrected chi connectivity index (χ1v) is 6.46. The van der Waals surface area contributed by atoms with E-state index in [1.807, 2.05) is 0 Å². The van der Waals surface area contributed by atoms with Crippen LogP contribution in [0.2, 0.25) is 0 Å². The summed E-state index contributed by atoms with van der Waals surface area (Å²) in [5.41, 5.74) is 1.60. The average Bonchev–Trinajstić information content (AvgIpc) is 2.47. The van der Waals surface area contributed by atoms with E-state index in [2.05, 4.69) is 4.74 Å². The Morgan fingerprint density at radius 3 is 1.95 bits per heavy atom. The molecule has 0 amide bonds. The molecule has 6 heteroatoms. The lowest BCUT2D eigenvalue weighted by Gasteiger charge is -2.10. The molecule has 0 aliphatic heterocycles. The monoisotopic (exact) mass is 310 g/mol. The van der Waals surface area contributed by atoms with Crippen molar-refractivity contribution in [2.24, 2.45) is 0 Å². The second-order valence-corrected chi connectivity index (χ2v) is 4.50. The highest BCUT2D eigenvalue weighted by atomic mass is 19.4. The van der Waals surface area contributed by atoms with Gasteiger partial charge in [-0.3, -0.25) is 0 Å². The molecule has 0 aromatic heterocycles. The molecule has 0 N–H and O–H groups in total. The van der Waals surface area contributed by atoms with Crippen molar-refractivity contribution >= 4 is 6.29 Å². The standard InChI is InChI=1S/C16H13F3O3/c17-16(18,19)22-15-7-3-13(4-8-15)11-21-14-5-1-12(2-6-14)9-10-20/h1-8,10H,9,11H2. The third-order valence-corrected chi connectivity index (χ3v) is 2.80. The van der Waals surface area contributed by atoms with Gasteiger partial charge in [-0.2, -0.15) is 0 Å². The topological polar surface area (TPSA) is 35.5 Å². The molecule has 0 atom stereocenters. The van der Waals surface area contributed by atoms with E-state index >= 15 is 0 Å². The Kier molecular flexibility index (Phi) is 5.04. The molecule has 3 nitrogen and oxygen atoms in total. The number of aldehydes is 1. The first-order chi connectivity index (χ1) is 10.5. The van der Waals surface area contributed by atoms with Gasteiger partial charge in [0.05, 0.1) is 0 Å². The van der Waals surface area contributed by atoms with Gasteiger partial charge in [0.2, 0.25) is 0 Å². The summed E-state index contributed by atoms with van der Waals surface area (Å²) >= 11 is 0. The van der Waals surface area contributed by atoms with Gasteiger partial charge < -0.3 is 14.3 Å². The Balaban J connectivity index is 1.90. The normalized spacial score (nSPS) is 11.0. The third kappa shape index (κ3) is 5.12. The predicted octanol–water partition coefficient (Wildman–Crippen LogP) is 3.91. The van der Waals surface area contributed by atoms with Crippen molar-refractivity contribution in [3.63, 3.8) is 0 Å². The van der Waals surface area contributed by atoms with Crippen LogP contribution < -0.4 is 9.47 Å². The molecule has 0 radical (unpaired) electrons.